The average molecular weight is 702 g/mol. The molecule has 45 heavy (non-hydrogen) atoms. The Labute approximate surface area is 264 Å². The van der Waals surface area contributed by atoms with Gasteiger partial charge in [0.2, 0.25) is 5.95 Å². The normalized spacial score (nSPS) is 37.7. The fourth-order valence-electron chi connectivity index (χ4n) is 5.43. The maximum absolute atomic E-state index is 11.4. The average Bonchev–Trinajstić information content (AvgIpc) is 3.72. The van der Waals surface area contributed by atoms with Crippen LogP contribution in [0.2, 0.25) is 0 Å². The van der Waals surface area contributed by atoms with E-state index in [4.69, 9.17) is 44.8 Å². The highest BCUT2D eigenvalue weighted by atomic mass is 32.7. The van der Waals surface area contributed by atoms with Crippen LogP contribution in [-0.2, 0) is 27.6 Å². The quantitative estimate of drug-likeness (QED) is 0.107. The van der Waals surface area contributed by atoms with Crippen molar-refractivity contribution in [2.24, 2.45) is 0 Å². The monoisotopic (exact) mass is 701 g/mol. The van der Waals surface area contributed by atoms with Gasteiger partial charge in [0.15, 0.2) is 48.5 Å². The van der Waals surface area contributed by atoms with E-state index in [1.165, 1.54) is 28.1 Å². The Bertz CT molecular complexity index is 1880. The SMILES string of the molecule is C=P1(S)OC[C@H]2O[C@@H](n3cnc4c(N)nc(N)nc43)[C@H](OP(=C)(S)OC[C@@H]3O[C@H](n4cnc5c(N)ncnc54)[C@H](O)[C@H]3O1)[C@@H]2O. The van der Waals surface area contributed by atoms with Crippen LogP contribution in [0.3, 0.4) is 0 Å². The van der Waals surface area contributed by atoms with Gasteiger partial charge in [0.25, 0.3) is 0 Å². The molecule has 0 amide bonds. The zero-order valence-corrected chi connectivity index (χ0v) is 26.7. The van der Waals surface area contributed by atoms with Crippen molar-refractivity contribution < 1.29 is 37.8 Å². The van der Waals surface area contributed by atoms with Crippen LogP contribution in [0, 0.1) is 0 Å². The molecule has 0 saturated carbocycles. The third-order valence-corrected chi connectivity index (χ3v) is 11.0. The van der Waals surface area contributed by atoms with Crippen molar-refractivity contribution in [2.75, 3.05) is 30.4 Å². The maximum atomic E-state index is 11.4. The van der Waals surface area contributed by atoms with Crippen molar-refractivity contribution >= 4 is 90.1 Å². The predicted molar refractivity (Wildman–Crippen MR) is 171 cm³/mol. The second-order valence-corrected chi connectivity index (χ2v) is 17.6. The Hall–Kier alpha value is -2.52. The van der Waals surface area contributed by atoms with Crippen LogP contribution in [0.5, 0.6) is 0 Å². The van der Waals surface area contributed by atoms with Crippen molar-refractivity contribution in [3.63, 3.8) is 0 Å². The summed E-state index contributed by atoms with van der Waals surface area (Å²) in [5, 5.41) is 22.8. The molecule has 0 spiro atoms. The van der Waals surface area contributed by atoms with Crippen LogP contribution in [0.25, 0.3) is 22.3 Å². The van der Waals surface area contributed by atoms with Crippen LogP contribution in [0.1, 0.15) is 12.5 Å². The third kappa shape index (κ3) is 5.60. The molecule has 3 fully saturated rings. The summed E-state index contributed by atoms with van der Waals surface area (Å²) in [4.78, 5) is 24.9. The van der Waals surface area contributed by atoms with Crippen molar-refractivity contribution in [1.29, 1.82) is 0 Å². The summed E-state index contributed by atoms with van der Waals surface area (Å²) < 4.78 is 39.9. The lowest BCUT2D eigenvalue weighted by molar-refractivity contribution is -0.0541. The minimum atomic E-state index is -3.28. The fraction of sp³-hybridized carbons (Fsp3) is 0.455. The smallest absolute Gasteiger partial charge is 0.224 e. The Morgan fingerprint density at radius 1 is 0.756 bits per heavy atom. The molecule has 242 valence electrons. The van der Waals surface area contributed by atoms with E-state index in [1.54, 1.807) is 0 Å². The van der Waals surface area contributed by atoms with E-state index in [0.29, 0.717) is 11.2 Å². The van der Waals surface area contributed by atoms with Crippen LogP contribution < -0.4 is 17.2 Å². The van der Waals surface area contributed by atoms with Gasteiger partial charge in [-0.05, 0) is 12.6 Å². The summed E-state index contributed by atoms with van der Waals surface area (Å²) >= 11 is 9.15. The number of nitrogens with two attached hydrogens (primary N) is 3. The summed E-state index contributed by atoms with van der Waals surface area (Å²) in [6.07, 6.45) is 3.52. The molecular weight excluding hydrogens is 672 g/mol. The Morgan fingerprint density at radius 3 is 2.07 bits per heavy atom. The highest BCUT2D eigenvalue weighted by Gasteiger charge is 2.51. The number of hydrogen-bond acceptors (Lipinski definition) is 19. The zero-order valence-electron chi connectivity index (χ0n) is 23.1. The molecule has 0 aromatic carbocycles. The largest absolute Gasteiger partial charge is 0.387 e. The van der Waals surface area contributed by atoms with Crippen LogP contribution in [0.4, 0.5) is 17.6 Å². The molecule has 7 heterocycles. The highest BCUT2D eigenvalue weighted by molar-refractivity contribution is 8.48. The number of aromatic nitrogens is 8. The van der Waals surface area contributed by atoms with Crippen LogP contribution in [0.15, 0.2) is 19.0 Å². The van der Waals surface area contributed by atoms with Gasteiger partial charge in [-0.2, -0.15) is 9.97 Å². The molecule has 3 aliphatic rings. The van der Waals surface area contributed by atoms with Gasteiger partial charge in [-0.1, -0.05) is 24.5 Å². The molecule has 23 heteroatoms. The first kappa shape index (κ1) is 31.1. The number of aliphatic hydroxyl groups is 2. The standard InChI is InChI=1S/C22H29N11O8P2S2/c1-42(44)36-3-8-12(34)15(21(38-8)33-7-29-11-17(24)30-22(25)31-19(11)33)41-43(2,45)37-4-9-14(40-42)13(35)20(39-9)32-6-28-10-16(23)26-5-27-18(10)32/h5-9,12-15,20-21,34-35,44-45H,1-4H2,(H2,23,26,27)(H4,24,25,30,31)/t8-,9+,12-,13-,14+,15-,20+,21-,42?,43?/m1/s1. The lowest BCUT2D eigenvalue weighted by Gasteiger charge is -2.30. The molecule has 0 radical (unpaired) electrons. The fourth-order valence-corrected chi connectivity index (χ4v) is 8.61. The molecule has 2 unspecified atom stereocenters. The van der Waals surface area contributed by atoms with Crippen molar-refractivity contribution in [3.05, 3.63) is 19.0 Å². The van der Waals surface area contributed by atoms with Crippen LogP contribution >= 0.6 is 37.6 Å². The summed E-state index contributed by atoms with van der Waals surface area (Å²) in [5.41, 5.74) is 19.0. The topological polar surface area (TPSA) is 261 Å². The van der Waals surface area contributed by atoms with E-state index in [0.717, 1.165) is 0 Å². The lowest BCUT2D eigenvalue weighted by Crippen LogP contribution is -2.36. The van der Waals surface area contributed by atoms with E-state index in [1.807, 2.05) is 0 Å². The number of imidazole rings is 2. The minimum Gasteiger partial charge on any atom is -0.387 e. The number of nitrogen functional groups attached to an aromatic ring is 3. The van der Waals surface area contributed by atoms with Gasteiger partial charge in [-0.3, -0.25) is 9.13 Å². The molecule has 0 aliphatic carbocycles. The van der Waals surface area contributed by atoms with E-state index in [9.17, 15) is 10.2 Å². The molecule has 8 N–H and O–H groups in total. The third-order valence-electron chi connectivity index (χ3n) is 7.48. The highest BCUT2D eigenvalue weighted by Crippen LogP contribution is 2.59. The number of hydrogen-bond donors (Lipinski definition) is 7. The predicted octanol–water partition coefficient (Wildman–Crippen LogP) is -0.00460. The van der Waals surface area contributed by atoms with Crippen molar-refractivity contribution in [1.82, 2.24) is 39.0 Å². The molecule has 7 rings (SSSR count). The van der Waals surface area contributed by atoms with Gasteiger partial charge in [0, 0.05) is 0 Å². The number of thiol groups is 2. The number of rotatable bonds is 2. The second-order valence-electron chi connectivity index (χ2n) is 10.5. The van der Waals surface area contributed by atoms with E-state index < -0.39 is 62.2 Å². The Kier molecular flexibility index (Phi) is 7.82. The zero-order chi connectivity index (χ0) is 31.8. The number of aliphatic hydroxyl groups excluding tert-OH is 2. The lowest BCUT2D eigenvalue weighted by atomic mass is 10.1. The van der Waals surface area contributed by atoms with Crippen molar-refractivity contribution in [2.45, 2.75) is 49.1 Å². The van der Waals surface area contributed by atoms with E-state index in [2.05, 4.69) is 67.0 Å². The molecule has 4 aromatic heterocycles. The first-order valence-corrected chi connectivity index (χ1v) is 19.2. The van der Waals surface area contributed by atoms with Gasteiger partial charge in [0.05, 0.1) is 25.9 Å². The first-order valence-electron chi connectivity index (χ1n) is 13.3. The minimum absolute atomic E-state index is 0.0656. The Morgan fingerprint density at radius 2 is 1.36 bits per heavy atom. The first-order chi connectivity index (χ1) is 21.3. The molecule has 3 saturated heterocycles. The summed E-state index contributed by atoms with van der Waals surface area (Å²) in [5.74, 6) is 0.149. The Balaban J connectivity index is 1.20. The van der Waals surface area contributed by atoms with Gasteiger partial charge in [-0.15, -0.1) is 0 Å². The van der Waals surface area contributed by atoms with Gasteiger partial charge >= 0.3 is 0 Å². The van der Waals surface area contributed by atoms with Gasteiger partial charge in [0.1, 0.15) is 54.0 Å². The van der Waals surface area contributed by atoms with E-state index >= 15 is 0 Å². The van der Waals surface area contributed by atoms with E-state index in [-0.39, 0.29) is 42.0 Å². The van der Waals surface area contributed by atoms with Gasteiger partial charge in [-0.25, -0.2) is 19.9 Å². The van der Waals surface area contributed by atoms with Crippen LogP contribution in [-0.4, -0.2) is 112 Å². The number of ether oxygens (including phenoxy) is 2. The summed E-state index contributed by atoms with van der Waals surface area (Å²) in [6.45, 7) is -6.95. The molecule has 19 nitrogen and oxygen atoms in total. The molecular formula is C22H29N11O8P2S2. The van der Waals surface area contributed by atoms with Gasteiger partial charge < -0.3 is 55.0 Å². The number of nitrogens with zero attached hydrogens (tertiary/aromatic N) is 8. The maximum Gasteiger partial charge on any atom is 0.224 e. The molecule has 2 bridgehead atoms. The van der Waals surface area contributed by atoms with Crippen molar-refractivity contribution in [3.8, 4) is 0 Å². The summed E-state index contributed by atoms with van der Waals surface area (Å²) in [7, 11) is 0. The second kappa shape index (κ2) is 11.3. The molecule has 10 atom stereocenters. The summed E-state index contributed by atoms with van der Waals surface area (Å²) in [6, 6.07) is 0. The number of fused-ring (bicyclic) bond motifs is 5. The molecule has 3 aliphatic heterocycles. The number of anilines is 3. The molecule has 4 aromatic rings.